The van der Waals surface area contributed by atoms with Crippen LogP contribution in [0.2, 0.25) is 0 Å². The number of hydrogen-bond donors (Lipinski definition) is 2. The zero-order valence-electron chi connectivity index (χ0n) is 10.2. The van der Waals surface area contributed by atoms with Crippen LogP contribution < -0.4 is 5.32 Å². The lowest BCUT2D eigenvalue weighted by molar-refractivity contribution is 0.237. The Hall–Kier alpha value is -0.0800. The lowest BCUT2D eigenvalue weighted by Gasteiger charge is -2.28. The number of nitrogens with one attached hydrogen (secondary N) is 1. The van der Waals surface area contributed by atoms with Crippen LogP contribution >= 0.6 is 0 Å². The highest BCUT2D eigenvalue weighted by Gasteiger charge is 2.20. The van der Waals surface area contributed by atoms with Crippen molar-refractivity contribution < 1.29 is 5.11 Å². The quantitative estimate of drug-likeness (QED) is 0.637. The average molecular weight is 213 g/mol. The minimum absolute atomic E-state index is 0.312. The smallest absolute Gasteiger partial charge is 0.0443 e. The highest BCUT2D eigenvalue weighted by molar-refractivity contribution is 4.72. The minimum atomic E-state index is 0.312. The van der Waals surface area contributed by atoms with Gasteiger partial charge in [0, 0.05) is 6.61 Å². The van der Waals surface area contributed by atoms with Crippen molar-refractivity contribution >= 4 is 0 Å². The summed E-state index contributed by atoms with van der Waals surface area (Å²) in [5.74, 6) is 1.94. The van der Waals surface area contributed by atoms with Crippen LogP contribution in [0, 0.1) is 11.8 Å². The second-order valence-corrected chi connectivity index (χ2v) is 4.99. The molecule has 0 aliphatic heterocycles. The summed E-state index contributed by atoms with van der Waals surface area (Å²) in [4.78, 5) is 0. The van der Waals surface area contributed by atoms with Gasteiger partial charge in [0.05, 0.1) is 0 Å². The molecule has 0 aromatic carbocycles. The van der Waals surface area contributed by atoms with Crippen molar-refractivity contribution in [2.45, 2.75) is 51.9 Å². The van der Waals surface area contributed by atoms with Gasteiger partial charge in [-0.1, -0.05) is 32.6 Å². The van der Waals surface area contributed by atoms with E-state index in [0.29, 0.717) is 6.61 Å². The summed E-state index contributed by atoms with van der Waals surface area (Å²) >= 11 is 0. The summed E-state index contributed by atoms with van der Waals surface area (Å²) in [6.07, 6.45) is 9.40. The van der Waals surface area contributed by atoms with E-state index in [1.165, 1.54) is 38.5 Å². The highest BCUT2D eigenvalue weighted by Crippen LogP contribution is 2.32. The fourth-order valence-electron chi connectivity index (χ4n) is 2.64. The summed E-state index contributed by atoms with van der Waals surface area (Å²) in [5.41, 5.74) is 0. The summed E-state index contributed by atoms with van der Waals surface area (Å²) in [5, 5.41) is 12.0. The van der Waals surface area contributed by atoms with Gasteiger partial charge < -0.3 is 10.4 Å². The molecule has 0 heterocycles. The van der Waals surface area contributed by atoms with Crippen LogP contribution in [0.15, 0.2) is 0 Å². The van der Waals surface area contributed by atoms with Gasteiger partial charge in [-0.05, 0) is 44.2 Å². The van der Waals surface area contributed by atoms with E-state index in [-0.39, 0.29) is 0 Å². The van der Waals surface area contributed by atoms with E-state index in [4.69, 9.17) is 5.11 Å². The average Bonchev–Trinajstić information content (AvgIpc) is 2.25. The summed E-state index contributed by atoms with van der Waals surface area (Å²) in [7, 11) is 0. The third-order valence-corrected chi connectivity index (χ3v) is 3.73. The molecule has 1 saturated carbocycles. The molecule has 0 spiro atoms. The molecule has 1 rings (SSSR count). The number of aliphatic hydroxyl groups is 1. The van der Waals surface area contributed by atoms with Gasteiger partial charge in [0.15, 0.2) is 0 Å². The Kier molecular flexibility index (Phi) is 7.03. The Balaban J connectivity index is 1.94. The predicted molar refractivity (Wildman–Crippen MR) is 64.9 cm³/mol. The molecule has 1 fully saturated rings. The second kappa shape index (κ2) is 8.12. The van der Waals surface area contributed by atoms with Gasteiger partial charge in [-0.3, -0.25) is 0 Å². The molecule has 2 atom stereocenters. The predicted octanol–water partition coefficient (Wildman–Crippen LogP) is 2.56. The molecule has 1 aliphatic carbocycles. The summed E-state index contributed by atoms with van der Waals surface area (Å²) in [6.45, 7) is 4.83. The molecule has 1 aliphatic rings. The maximum atomic E-state index is 8.62. The molecule has 0 bridgehead atoms. The Bertz CT molecular complexity index is 149. The van der Waals surface area contributed by atoms with Gasteiger partial charge in [-0.25, -0.2) is 0 Å². The molecule has 0 saturated heterocycles. The number of hydrogen-bond acceptors (Lipinski definition) is 2. The first kappa shape index (κ1) is 13.0. The third-order valence-electron chi connectivity index (χ3n) is 3.73. The van der Waals surface area contributed by atoms with E-state index in [2.05, 4.69) is 12.2 Å². The van der Waals surface area contributed by atoms with Crippen LogP contribution in [0.3, 0.4) is 0 Å². The molecular formula is C13H27NO. The fraction of sp³-hybridized carbons (Fsp3) is 1.00. The van der Waals surface area contributed by atoms with E-state index in [1.807, 2.05) is 0 Å². The molecule has 0 aromatic rings. The van der Waals surface area contributed by atoms with E-state index < -0.39 is 0 Å². The van der Waals surface area contributed by atoms with Crippen molar-refractivity contribution in [1.29, 1.82) is 0 Å². The van der Waals surface area contributed by atoms with Crippen LogP contribution in [0.5, 0.6) is 0 Å². The van der Waals surface area contributed by atoms with Gasteiger partial charge in [-0.2, -0.15) is 0 Å². The number of rotatable bonds is 7. The van der Waals surface area contributed by atoms with Crippen LogP contribution in [-0.4, -0.2) is 24.8 Å². The molecule has 2 heteroatoms. The first-order chi connectivity index (χ1) is 7.34. The zero-order chi connectivity index (χ0) is 10.9. The lowest BCUT2D eigenvalue weighted by Crippen LogP contribution is -2.21. The normalized spacial score (nSPS) is 26.8. The van der Waals surface area contributed by atoms with Crippen LogP contribution in [0.1, 0.15) is 51.9 Å². The van der Waals surface area contributed by atoms with Crippen LogP contribution in [-0.2, 0) is 0 Å². The largest absolute Gasteiger partial charge is 0.396 e. The summed E-state index contributed by atoms with van der Waals surface area (Å²) < 4.78 is 0. The van der Waals surface area contributed by atoms with E-state index in [9.17, 15) is 0 Å². The van der Waals surface area contributed by atoms with E-state index in [0.717, 1.165) is 31.3 Å². The Morgan fingerprint density at radius 1 is 1.13 bits per heavy atom. The molecule has 90 valence electrons. The lowest BCUT2D eigenvalue weighted by atomic mass is 9.78. The minimum Gasteiger partial charge on any atom is -0.396 e. The van der Waals surface area contributed by atoms with Gasteiger partial charge in [0.25, 0.3) is 0 Å². The molecular weight excluding hydrogens is 186 g/mol. The van der Waals surface area contributed by atoms with Crippen molar-refractivity contribution in [3.05, 3.63) is 0 Å². The third kappa shape index (κ3) is 5.53. The Labute approximate surface area is 94.5 Å². The standard InChI is InChI=1S/C13H27NO/c1-12-6-2-3-7-13(12)8-4-9-14-10-5-11-15/h12-15H,2-11H2,1H3. The second-order valence-electron chi connectivity index (χ2n) is 4.99. The topological polar surface area (TPSA) is 32.3 Å². The molecule has 0 aromatic heterocycles. The maximum absolute atomic E-state index is 8.62. The molecule has 15 heavy (non-hydrogen) atoms. The molecule has 2 nitrogen and oxygen atoms in total. The maximum Gasteiger partial charge on any atom is 0.0443 e. The summed E-state index contributed by atoms with van der Waals surface area (Å²) in [6, 6.07) is 0. The number of aliphatic hydroxyl groups excluding tert-OH is 1. The van der Waals surface area contributed by atoms with Crippen LogP contribution in [0.4, 0.5) is 0 Å². The van der Waals surface area contributed by atoms with Gasteiger partial charge in [0.2, 0.25) is 0 Å². The molecule has 0 amide bonds. The van der Waals surface area contributed by atoms with Gasteiger partial charge in [0.1, 0.15) is 0 Å². The van der Waals surface area contributed by atoms with Crippen molar-refractivity contribution in [2.75, 3.05) is 19.7 Å². The van der Waals surface area contributed by atoms with Crippen molar-refractivity contribution in [2.24, 2.45) is 11.8 Å². The Morgan fingerprint density at radius 3 is 2.60 bits per heavy atom. The van der Waals surface area contributed by atoms with Gasteiger partial charge >= 0.3 is 0 Å². The highest BCUT2D eigenvalue weighted by atomic mass is 16.3. The van der Waals surface area contributed by atoms with E-state index >= 15 is 0 Å². The molecule has 2 N–H and O–H groups in total. The first-order valence-electron chi connectivity index (χ1n) is 6.66. The fourth-order valence-corrected chi connectivity index (χ4v) is 2.64. The van der Waals surface area contributed by atoms with Crippen molar-refractivity contribution in [1.82, 2.24) is 5.32 Å². The molecule has 2 unspecified atom stereocenters. The molecule has 0 radical (unpaired) electrons. The first-order valence-corrected chi connectivity index (χ1v) is 6.66. The Morgan fingerprint density at radius 2 is 1.87 bits per heavy atom. The van der Waals surface area contributed by atoms with Gasteiger partial charge in [-0.15, -0.1) is 0 Å². The van der Waals surface area contributed by atoms with Crippen molar-refractivity contribution in [3.63, 3.8) is 0 Å². The van der Waals surface area contributed by atoms with Crippen molar-refractivity contribution in [3.8, 4) is 0 Å². The zero-order valence-corrected chi connectivity index (χ0v) is 10.2. The van der Waals surface area contributed by atoms with E-state index in [1.54, 1.807) is 0 Å². The SMILES string of the molecule is CC1CCCCC1CCCNCCCO. The van der Waals surface area contributed by atoms with Crippen LogP contribution in [0.25, 0.3) is 0 Å². The monoisotopic (exact) mass is 213 g/mol.